The Balaban J connectivity index is 2.53. The number of nitrogens with zero attached hydrogens (tertiary/aromatic N) is 1. The molecule has 1 aromatic rings. The minimum absolute atomic E-state index is 0.184. The Hall–Kier alpha value is -1.62. The fourth-order valence-electron chi connectivity index (χ4n) is 1.13. The van der Waals surface area contributed by atoms with Crippen LogP contribution in [0.25, 0.3) is 0 Å². The van der Waals surface area contributed by atoms with Gasteiger partial charge in [0.2, 0.25) is 0 Å². The first-order chi connectivity index (χ1) is 8.11. The van der Waals surface area contributed by atoms with Crippen LogP contribution in [-0.2, 0) is 0 Å². The van der Waals surface area contributed by atoms with Crippen LogP contribution in [-0.4, -0.2) is 24.5 Å². The van der Waals surface area contributed by atoms with Crippen molar-refractivity contribution < 1.29 is 4.74 Å². The van der Waals surface area contributed by atoms with Crippen molar-refractivity contribution >= 4 is 23.5 Å². The molecule has 0 heterocycles. The quantitative estimate of drug-likeness (QED) is 0.487. The van der Waals surface area contributed by atoms with Gasteiger partial charge in [-0.3, -0.25) is 5.43 Å². The smallest absolute Gasteiger partial charge is 0.186 e. The molecule has 0 atom stereocenters. The lowest BCUT2D eigenvalue weighted by Crippen LogP contribution is -2.28. The van der Waals surface area contributed by atoms with Crippen molar-refractivity contribution in [3.05, 3.63) is 29.8 Å². The van der Waals surface area contributed by atoms with E-state index in [0.29, 0.717) is 5.11 Å². The molecule has 4 nitrogen and oxygen atoms in total. The van der Waals surface area contributed by atoms with Crippen molar-refractivity contribution in [2.45, 2.75) is 20.0 Å². The number of hydrogen-bond donors (Lipinski definition) is 2. The second kappa shape index (κ2) is 6.85. The summed E-state index contributed by atoms with van der Waals surface area (Å²) in [6, 6.07) is 7.70. The van der Waals surface area contributed by atoms with E-state index in [9.17, 15) is 0 Å². The van der Waals surface area contributed by atoms with E-state index in [1.54, 1.807) is 13.3 Å². The number of ether oxygens (including phenoxy) is 1. The summed E-state index contributed by atoms with van der Waals surface area (Å²) < 4.78 is 5.54. The lowest BCUT2D eigenvalue weighted by atomic mass is 10.2. The first-order valence-corrected chi connectivity index (χ1v) is 5.80. The van der Waals surface area contributed by atoms with Crippen molar-refractivity contribution in [1.29, 1.82) is 0 Å². The highest BCUT2D eigenvalue weighted by Gasteiger charge is 1.96. The molecule has 0 saturated heterocycles. The summed E-state index contributed by atoms with van der Waals surface area (Å²) in [6.45, 7) is 4.00. The molecule has 0 saturated carbocycles. The van der Waals surface area contributed by atoms with Crippen LogP contribution >= 0.6 is 12.2 Å². The number of nitrogens with one attached hydrogen (secondary N) is 2. The van der Waals surface area contributed by atoms with Gasteiger partial charge in [0.05, 0.1) is 12.3 Å². The van der Waals surface area contributed by atoms with Gasteiger partial charge in [-0.15, -0.1) is 0 Å². The molecule has 1 aromatic carbocycles. The van der Waals surface area contributed by atoms with E-state index in [4.69, 9.17) is 17.0 Å². The van der Waals surface area contributed by atoms with E-state index in [1.807, 2.05) is 38.1 Å². The Kier molecular flexibility index (Phi) is 5.42. The van der Waals surface area contributed by atoms with Crippen molar-refractivity contribution in [1.82, 2.24) is 10.7 Å². The molecule has 2 N–H and O–H groups in total. The third-order valence-electron chi connectivity index (χ3n) is 1.86. The average Bonchev–Trinajstić information content (AvgIpc) is 2.30. The van der Waals surface area contributed by atoms with E-state index in [0.717, 1.165) is 11.3 Å². The van der Waals surface area contributed by atoms with E-state index < -0.39 is 0 Å². The van der Waals surface area contributed by atoms with E-state index >= 15 is 0 Å². The summed E-state index contributed by atoms with van der Waals surface area (Å²) >= 11 is 4.88. The average molecular weight is 251 g/mol. The highest BCUT2D eigenvalue weighted by molar-refractivity contribution is 7.80. The number of thiocarbonyl (C=S) groups is 1. The summed E-state index contributed by atoms with van der Waals surface area (Å²) in [5.41, 5.74) is 3.67. The van der Waals surface area contributed by atoms with Gasteiger partial charge in [-0.05, 0) is 55.9 Å². The molecule has 0 amide bonds. The zero-order chi connectivity index (χ0) is 12.7. The first kappa shape index (κ1) is 13.4. The van der Waals surface area contributed by atoms with Crippen LogP contribution in [0.1, 0.15) is 19.4 Å². The van der Waals surface area contributed by atoms with E-state index in [2.05, 4.69) is 15.8 Å². The van der Waals surface area contributed by atoms with Crippen LogP contribution in [0.15, 0.2) is 29.4 Å². The lowest BCUT2D eigenvalue weighted by Gasteiger charge is -2.09. The molecule has 0 aliphatic heterocycles. The number of hydrazone groups is 1. The summed E-state index contributed by atoms with van der Waals surface area (Å²) in [5, 5.41) is 7.24. The zero-order valence-corrected chi connectivity index (χ0v) is 11.0. The molecule has 92 valence electrons. The Morgan fingerprint density at radius 2 is 2.00 bits per heavy atom. The molecule has 1 rings (SSSR count). The monoisotopic (exact) mass is 251 g/mol. The standard InChI is InChI=1S/C12H17N3OS/c1-9(2)16-11-6-4-10(5-7-11)8-14-15-12(17)13-3/h4-9H,1-3H3,(H2,13,15,17)/b14-8-. The fourth-order valence-corrected chi connectivity index (χ4v) is 1.18. The summed E-state index contributed by atoms with van der Waals surface area (Å²) in [6.07, 6.45) is 1.88. The normalized spacial score (nSPS) is 10.6. The summed E-state index contributed by atoms with van der Waals surface area (Å²) in [5.74, 6) is 0.857. The van der Waals surface area contributed by atoms with Gasteiger partial charge in [-0.25, -0.2) is 0 Å². The van der Waals surface area contributed by atoms with Gasteiger partial charge in [-0.1, -0.05) is 0 Å². The van der Waals surface area contributed by atoms with E-state index in [-0.39, 0.29) is 6.10 Å². The number of benzene rings is 1. The van der Waals surface area contributed by atoms with E-state index in [1.165, 1.54) is 0 Å². The van der Waals surface area contributed by atoms with Crippen molar-refractivity contribution in [2.75, 3.05) is 7.05 Å². The predicted octanol–water partition coefficient (Wildman–Crippen LogP) is 1.90. The van der Waals surface area contributed by atoms with Crippen LogP contribution in [0.5, 0.6) is 5.75 Å². The van der Waals surface area contributed by atoms with Gasteiger partial charge in [-0.2, -0.15) is 5.10 Å². The Bertz CT molecular complexity index is 387. The maximum Gasteiger partial charge on any atom is 0.186 e. The lowest BCUT2D eigenvalue weighted by molar-refractivity contribution is 0.242. The molecule has 0 aliphatic carbocycles. The van der Waals surface area contributed by atoms with Crippen LogP contribution in [0.3, 0.4) is 0 Å². The minimum atomic E-state index is 0.184. The molecule has 0 radical (unpaired) electrons. The summed E-state index contributed by atoms with van der Waals surface area (Å²) in [4.78, 5) is 0. The van der Waals surface area contributed by atoms with Crippen LogP contribution < -0.4 is 15.5 Å². The fraction of sp³-hybridized carbons (Fsp3) is 0.333. The highest BCUT2D eigenvalue weighted by Crippen LogP contribution is 2.12. The molecular weight excluding hydrogens is 234 g/mol. The maximum absolute atomic E-state index is 5.54. The van der Waals surface area contributed by atoms with Crippen molar-refractivity contribution in [3.8, 4) is 5.75 Å². The summed E-state index contributed by atoms with van der Waals surface area (Å²) in [7, 11) is 1.74. The van der Waals surface area contributed by atoms with Gasteiger partial charge in [0.1, 0.15) is 5.75 Å². The topological polar surface area (TPSA) is 45.7 Å². The molecule has 0 spiro atoms. The van der Waals surface area contributed by atoms with Crippen LogP contribution in [0.2, 0.25) is 0 Å². The third kappa shape index (κ3) is 5.31. The molecule has 0 bridgehead atoms. The molecule has 5 heteroatoms. The van der Waals surface area contributed by atoms with Gasteiger partial charge in [0, 0.05) is 7.05 Å². The number of rotatable bonds is 4. The van der Waals surface area contributed by atoms with Gasteiger partial charge >= 0.3 is 0 Å². The molecular formula is C12H17N3OS. The second-order valence-corrected chi connectivity index (χ2v) is 4.09. The largest absolute Gasteiger partial charge is 0.491 e. The molecule has 0 fully saturated rings. The molecule has 0 aliphatic rings. The molecule has 0 aromatic heterocycles. The Morgan fingerprint density at radius 1 is 1.35 bits per heavy atom. The minimum Gasteiger partial charge on any atom is -0.491 e. The third-order valence-corrected chi connectivity index (χ3v) is 2.15. The van der Waals surface area contributed by atoms with Gasteiger partial charge < -0.3 is 10.1 Å². The molecule has 17 heavy (non-hydrogen) atoms. The highest BCUT2D eigenvalue weighted by atomic mass is 32.1. The van der Waals surface area contributed by atoms with Crippen molar-refractivity contribution in [3.63, 3.8) is 0 Å². The number of hydrogen-bond acceptors (Lipinski definition) is 3. The van der Waals surface area contributed by atoms with Crippen LogP contribution in [0, 0.1) is 0 Å². The maximum atomic E-state index is 5.54. The first-order valence-electron chi connectivity index (χ1n) is 5.39. The van der Waals surface area contributed by atoms with Crippen LogP contribution in [0.4, 0.5) is 0 Å². The molecule has 0 unspecified atom stereocenters. The zero-order valence-electron chi connectivity index (χ0n) is 10.2. The van der Waals surface area contributed by atoms with Crippen molar-refractivity contribution in [2.24, 2.45) is 5.10 Å². The van der Waals surface area contributed by atoms with Gasteiger partial charge in [0.25, 0.3) is 0 Å². The Labute approximate surface area is 107 Å². The predicted molar refractivity (Wildman–Crippen MR) is 74.6 cm³/mol. The second-order valence-electron chi connectivity index (χ2n) is 3.68. The van der Waals surface area contributed by atoms with Gasteiger partial charge in [0.15, 0.2) is 5.11 Å². The SMILES string of the molecule is CNC(=S)N/N=C\c1ccc(OC(C)C)cc1. The Morgan fingerprint density at radius 3 is 2.53 bits per heavy atom.